The molecule has 0 amide bonds. The topological polar surface area (TPSA) is 146 Å². The minimum Gasteiger partial charge on any atom is -0.465 e. The molecule has 0 aliphatic heterocycles. The number of hydrogen-bond acceptors (Lipinski definition) is 10. The van der Waals surface area contributed by atoms with Crippen LogP contribution >= 0.6 is 30.5 Å². The highest BCUT2D eigenvalue weighted by molar-refractivity contribution is 8.01. The van der Waals surface area contributed by atoms with Gasteiger partial charge in [-0.1, -0.05) is 18.3 Å². The fourth-order valence-electron chi connectivity index (χ4n) is 2.74. The van der Waals surface area contributed by atoms with Crippen LogP contribution in [0.25, 0.3) is 11.5 Å². The van der Waals surface area contributed by atoms with Crippen LogP contribution in [0.4, 0.5) is 5.13 Å². The number of carbonyl (C=O) groups excluding carboxylic acids is 2. The van der Waals surface area contributed by atoms with Crippen LogP contribution in [0.3, 0.4) is 0 Å². The van der Waals surface area contributed by atoms with Crippen LogP contribution in [-0.2, 0) is 23.6 Å². The van der Waals surface area contributed by atoms with Crippen molar-refractivity contribution in [1.82, 2.24) is 15.2 Å². The Morgan fingerprint density at radius 1 is 1.15 bits per heavy atom. The van der Waals surface area contributed by atoms with Gasteiger partial charge in [-0.2, -0.15) is 0 Å². The number of nitrogen functional groups attached to an aromatic ring is 1. The first-order valence-corrected chi connectivity index (χ1v) is 14.1. The summed E-state index contributed by atoms with van der Waals surface area (Å²) in [6, 6.07) is 1.30. The maximum Gasteiger partial charge on any atom is 0.323 e. The standard InChI is InChI=1S/C20H31N4O6PS2/c1-6-11-32-19-16(22-20(21)33-19)14-9-10-15(30-14)31(27,23-12(4)17(25)28-7-2)24-13(5)18(26)29-8-3/h9-10,12-13H,6-8,11H2,1-5H3,(H2,21,22)(H2,23,24,27)/t12-,13+,31?. The maximum absolute atomic E-state index is 14.0. The third-order valence-corrected chi connectivity index (χ3v) is 8.93. The van der Waals surface area contributed by atoms with Gasteiger partial charge in [0.15, 0.2) is 16.4 Å². The molecule has 13 heteroatoms. The van der Waals surface area contributed by atoms with E-state index in [4.69, 9.17) is 19.6 Å². The van der Waals surface area contributed by atoms with E-state index in [0.717, 1.165) is 16.4 Å². The smallest absolute Gasteiger partial charge is 0.323 e. The molecule has 0 fully saturated rings. The third kappa shape index (κ3) is 7.31. The molecule has 2 rings (SSSR count). The lowest BCUT2D eigenvalue weighted by Gasteiger charge is -2.24. The van der Waals surface area contributed by atoms with Gasteiger partial charge >= 0.3 is 11.9 Å². The summed E-state index contributed by atoms with van der Waals surface area (Å²) < 4.78 is 30.8. The summed E-state index contributed by atoms with van der Waals surface area (Å²) in [5.74, 6) is 0.104. The second-order valence-corrected chi connectivity index (χ2v) is 11.6. The molecule has 2 aromatic rings. The molecular formula is C20H31N4O6PS2. The zero-order chi connectivity index (χ0) is 24.6. The van der Waals surface area contributed by atoms with Crippen LogP contribution in [0.15, 0.2) is 20.8 Å². The first-order chi connectivity index (χ1) is 15.6. The van der Waals surface area contributed by atoms with Crippen molar-refractivity contribution in [1.29, 1.82) is 0 Å². The summed E-state index contributed by atoms with van der Waals surface area (Å²) >= 11 is 2.97. The summed E-state index contributed by atoms with van der Waals surface area (Å²) in [5.41, 5.74) is 6.50. The van der Waals surface area contributed by atoms with Gasteiger partial charge in [-0.3, -0.25) is 14.2 Å². The summed E-state index contributed by atoms with van der Waals surface area (Å²) in [4.78, 5) is 28.7. The van der Waals surface area contributed by atoms with Gasteiger partial charge < -0.3 is 19.6 Å². The number of furan rings is 1. The highest BCUT2D eigenvalue weighted by Gasteiger charge is 2.36. The number of hydrogen-bond donors (Lipinski definition) is 3. The minimum atomic E-state index is -3.80. The number of ether oxygens (including phenoxy) is 2. The lowest BCUT2D eigenvalue weighted by atomic mass is 10.4. The van der Waals surface area contributed by atoms with Crippen LogP contribution in [0.2, 0.25) is 0 Å². The van der Waals surface area contributed by atoms with Crippen molar-refractivity contribution in [3.8, 4) is 11.5 Å². The van der Waals surface area contributed by atoms with Gasteiger partial charge in [0, 0.05) is 0 Å². The van der Waals surface area contributed by atoms with Gasteiger partial charge in [-0.15, -0.1) is 11.8 Å². The number of thioether (sulfide) groups is 1. The highest BCUT2D eigenvalue weighted by Crippen LogP contribution is 2.41. The van der Waals surface area contributed by atoms with Crippen molar-refractivity contribution in [3.63, 3.8) is 0 Å². The van der Waals surface area contributed by atoms with Crippen LogP contribution in [0.1, 0.15) is 41.0 Å². The molecule has 0 aromatic carbocycles. The Bertz CT molecular complexity index is 965. The molecule has 184 valence electrons. The van der Waals surface area contributed by atoms with E-state index in [-0.39, 0.29) is 18.7 Å². The molecule has 0 bridgehead atoms. The predicted molar refractivity (Wildman–Crippen MR) is 131 cm³/mol. The molecule has 0 saturated carbocycles. The van der Waals surface area contributed by atoms with E-state index in [2.05, 4.69) is 22.1 Å². The lowest BCUT2D eigenvalue weighted by Crippen LogP contribution is -2.44. The van der Waals surface area contributed by atoms with Gasteiger partial charge in [0.2, 0.25) is 0 Å². The van der Waals surface area contributed by atoms with E-state index in [0.29, 0.717) is 16.6 Å². The average molecular weight is 519 g/mol. The Hall–Kier alpha value is -1.85. The minimum absolute atomic E-state index is 0.0304. The molecule has 33 heavy (non-hydrogen) atoms. The Morgan fingerprint density at radius 3 is 2.24 bits per heavy atom. The van der Waals surface area contributed by atoms with Crippen LogP contribution in [0.5, 0.6) is 0 Å². The number of carbonyl (C=O) groups is 2. The summed E-state index contributed by atoms with van der Waals surface area (Å²) in [6.45, 7) is 8.82. The second kappa shape index (κ2) is 12.6. The molecule has 0 radical (unpaired) electrons. The Kier molecular flexibility index (Phi) is 10.4. The molecule has 0 aliphatic carbocycles. The number of nitrogens with two attached hydrogens (primary N) is 1. The molecular weight excluding hydrogens is 487 g/mol. The molecule has 0 aliphatic rings. The van der Waals surface area contributed by atoms with Gasteiger partial charge in [-0.05, 0) is 52.0 Å². The molecule has 2 heterocycles. The highest BCUT2D eigenvalue weighted by atomic mass is 32.2. The van der Waals surface area contributed by atoms with E-state index in [1.54, 1.807) is 31.7 Å². The average Bonchev–Trinajstić information content (AvgIpc) is 3.39. The molecule has 0 saturated heterocycles. The third-order valence-electron chi connectivity index (χ3n) is 4.22. The van der Waals surface area contributed by atoms with Gasteiger partial charge in [0.05, 0.1) is 17.4 Å². The van der Waals surface area contributed by atoms with E-state index < -0.39 is 31.5 Å². The van der Waals surface area contributed by atoms with Gasteiger partial charge in [0.25, 0.3) is 7.44 Å². The monoisotopic (exact) mass is 518 g/mol. The van der Waals surface area contributed by atoms with Crippen molar-refractivity contribution in [2.45, 2.75) is 57.3 Å². The van der Waals surface area contributed by atoms with Crippen LogP contribution in [-0.4, -0.2) is 48.0 Å². The Morgan fingerprint density at radius 2 is 1.73 bits per heavy atom. The van der Waals surface area contributed by atoms with E-state index in [1.165, 1.54) is 31.3 Å². The fourth-order valence-corrected chi connectivity index (χ4v) is 6.87. The quantitative estimate of drug-likeness (QED) is 0.204. The largest absolute Gasteiger partial charge is 0.465 e. The van der Waals surface area contributed by atoms with Crippen LogP contribution in [0, 0.1) is 0 Å². The number of aromatic nitrogens is 1. The number of rotatable bonds is 13. The molecule has 10 nitrogen and oxygen atoms in total. The second-order valence-electron chi connectivity index (χ2n) is 6.99. The molecule has 4 N–H and O–H groups in total. The SMILES string of the molecule is CCCSc1sc(N)nc1-c1ccc(P(=O)(N[C@@H](C)C(=O)OCC)N[C@H](C)C(=O)OCC)o1. The lowest BCUT2D eigenvalue weighted by molar-refractivity contribution is -0.145. The molecule has 0 spiro atoms. The number of esters is 2. The Balaban J connectivity index is 2.40. The maximum atomic E-state index is 14.0. The summed E-state index contributed by atoms with van der Waals surface area (Å²) in [5, 5.41) is 5.92. The van der Waals surface area contributed by atoms with Crippen molar-refractivity contribution in [3.05, 3.63) is 12.1 Å². The predicted octanol–water partition coefficient (Wildman–Crippen LogP) is 3.39. The van der Waals surface area contributed by atoms with Crippen molar-refractivity contribution in [2.75, 3.05) is 24.7 Å². The molecule has 3 atom stereocenters. The van der Waals surface area contributed by atoms with Crippen LogP contribution < -0.4 is 21.4 Å². The normalized spacial score (nSPS) is 14.9. The fraction of sp³-hybridized carbons (Fsp3) is 0.550. The number of anilines is 1. The summed E-state index contributed by atoms with van der Waals surface area (Å²) in [7, 11) is -3.80. The van der Waals surface area contributed by atoms with Crippen molar-refractivity contribution < 1.29 is 28.0 Å². The van der Waals surface area contributed by atoms with E-state index >= 15 is 0 Å². The number of nitrogens with zero attached hydrogens (tertiary/aromatic N) is 1. The Labute approximate surface area is 201 Å². The first-order valence-electron chi connectivity index (χ1n) is 10.6. The first kappa shape index (κ1) is 27.4. The van der Waals surface area contributed by atoms with Gasteiger partial charge in [0.1, 0.15) is 17.8 Å². The van der Waals surface area contributed by atoms with Crippen molar-refractivity contribution in [2.24, 2.45) is 0 Å². The zero-order valence-electron chi connectivity index (χ0n) is 19.4. The molecule has 1 unspecified atom stereocenters. The summed E-state index contributed by atoms with van der Waals surface area (Å²) in [6.07, 6.45) is 0.978. The van der Waals surface area contributed by atoms with Crippen molar-refractivity contribution >= 4 is 53.1 Å². The number of thiazole rings is 1. The molecule has 2 aromatic heterocycles. The van der Waals surface area contributed by atoms with Gasteiger partial charge in [-0.25, -0.2) is 15.2 Å². The van der Waals surface area contributed by atoms with E-state index in [1.807, 2.05) is 0 Å². The van der Waals surface area contributed by atoms with E-state index in [9.17, 15) is 14.2 Å². The number of nitrogens with one attached hydrogen (secondary N) is 2. The zero-order valence-corrected chi connectivity index (χ0v) is 21.9.